The Morgan fingerprint density at radius 3 is 2.58 bits per heavy atom. The first kappa shape index (κ1) is 27.0. The molecular formula is C25H35N5O6. The van der Waals surface area contributed by atoms with Crippen LogP contribution in [0.25, 0.3) is 0 Å². The number of carbonyl (C=O) groups is 5. The minimum atomic E-state index is -1.19. The van der Waals surface area contributed by atoms with E-state index in [0.717, 1.165) is 6.42 Å². The number of rotatable bonds is 5. The summed E-state index contributed by atoms with van der Waals surface area (Å²) in [5.74, 6) is -1.76. The lowest BCUT2D eigenvalue weighted by Crippen LogP contribution is -2.54. The van der Waals surface area contributed by atoms with E-state index < -0.39 is 29.8 Å². The van der Waals surface area contributed by atoms with Crippen LogP contribution in [0.3, 0.4) is 0 Å². The standard InChI is InChI=1S/C25H35N5O6/c1-16(2)22-25(35)29(3)13-14-36-19-8-5-4-7-17(19)23(33)27-18(15-20(31)28-22)24(34)26-10-12-30-11-6-9-21(30)32/h4-5,7-8,16,18,22H,6,9-15H2,1-3H3,(H,26,34)(H,27,33)(H,28,31)/t18-,22+/m0/s1. The van der Waals surface area contributed by atoms with Gasteiger partial charge in [-0.15, -0.1) is 0 Å². The third kappa shape index (κ3) is 6.96. The van der Waals surface area contributed by atoms with E-state index in [0.29, 0.717) is 25.3 Å². The predicted octanol–water partition coefficient (Wildman–Crippen LogP) is -0.0947. The number of hydrogen-bond donors (Lipinski definition) is 3. The number of amides is 5. The number of fused-ring (bicyclic) bond motifs is 1. The van der Waals surface area contributed by atoms with Gasteiger partial charge in [-0.25, -0.2) is 0 Å². The molecule has 1 fully saturated rings. The first-order chi connectivity index (χ1) is 17.2. The summed E-state index contributed by atoms with van der Waals surface area (Å²) >= 11 is 0. The Morgan fingerprint density at radius 1 is 1.14 bits per heavy atom. The number of nitrogens with zero attached hydrogens (tertiary/aromatic N) is 2. The largest absolute Gasteiger partial charge is 0.491 e. The molecule has 2 atom stereocenters. The van der Waals surface area contributed by atoms with Crippen LogP contribution >= 0.6 is 0 Å². The van der Waals surface area contributed by atoms with Crippen LogP contribution in [-0.2, 0) is 19.2 Å². The fourth-order valence-corrected chi connectivity index (χ4v) is 4.17. The van der Waals surface area contributed by atoms with Crippen molar-refractivity contribution >= 4 is 29.5 Å². The fraction of sp³-hybridized carbons (Fsp3) is 0.560. The van der Waals surface area contributed by atoms with Crippen molar-refractivity contribution in [2.75, 3.05) is 39.8 Å². The smallest absolute Gasteiger partial charge is 0.255 e. The van der Waals surface area contributed by atoms with Crippen molar-refractivity contribution in [3.8, 4) is 5.75 Å². The summed E-state index contributed by atoms with van der Waals surface area (Å²) in [5, 5.41) is 8.08. The number of ether oxygens (including phenoxy) is 1. The molecule has 1 aromatic rings. The average Bonchev–Trinajstić information content (AvgIpc) is 3.25. The van der Waals surface area contributed by atoms with Crippen molar-refractivity contribution in [1.29, 1.82) is 0 Å². The summed E-state index contributed by atoms with van der Waals surface area (Å²) in [7, 11) is 1.62. The summed E-state index contributed by atoms with van der Waals surface area (Å²) in [6, 6.07) is 4.60. The molecule has 11 nitrogen and oxygen atoms in total. The molecule has 0 unspecified atom stereocenters. The van der Waals surface area contributed by atoms with Gasteiger partial charge in [0.05, 0.1) is 18.5 Å². The number of para-hydroxylation sites is 1. The highest BCUT2D eigenvalue weighted by Gasteiger charge is 2.31. The number of benzene rings is 1. The van der Waals surface area contributed by atoms with Gasteiger partial charge >= 0.3 is 0 Å². The first-order valence-electron chi connectivity index (χ1n) is 12.3. The van der Waals surface area contributed by atoms with E-state index in [4.69, 9.17) is 4.74 Å². The van der Waals surface area contributed by atoms with Gasteiger partial charge in [-0.1, -0.05) is 26.0 Å². The maximum Gasteiger partial charge on any atom is 0.255 e. The molecule has 2 aliphatic rings. The van der Waals surface area contributed by atoms with Crippen LogP contribution in [0.5, 0.6) is 5.75 Å². The second-order valence-corrected chi connectivity index (χ2v) is 9.40. The van der Waals surface area contributed by atoms with Crippen molar-refractivity contribution in [2.24, 2.45) is 5.92 Å². The van der Waals surface area contributed by atoms with Gasteiger partial charge in [0, 0.05) is 33.1 Å². The van der Waals surface area contributed by atoms with Crippen LogP contribution in [0.1, 0.15) is 43.5 Å². The van der Waals surface area contributed by atoms with Crippen molar-refractivity contribution in [1.82, 2.24) is 25.8 Å². The van der Waals surface area contributed by atoms with E-state index >= 15 is 0 Å². The second kappa shape index (κ2) is 12.4. The number of carbonyl (C=O) groups excluding carboxylic acids is 5. The molecule has 1 saturated heterocycles. The molecule has 0 aromatic heterocycles. The lowest BCUT2D eigenvalue weighted by Gasteiger charge is -2.28. The van der Waals surface area contributed by atoms with E-state index in [2.05, 4.69) is 16.0 Å². The van der Waals surface area contributed by atoms with Crippen LogP contribution in [0, 0.1) is 5.92 Å². The van der Waals surface area contributed by atoms with Crippen LogP contribution in [-0.4, -0.2) is 91.3 Å². The molecule has 2 aliphatic heterocycles. The molecule has 0 bridgehead atoms. The summed E-state index contributed by atoms with van der Waals surface area (Å²) in [6.45, 7) is 5.23. The molecule has 1 aromatic carbocycles. The Morgan fingerprint density at radius 2 is 1.89 bits per heavy atom. The molecule has 3 rings (SSSR count). The van der Waals surface area contributed by atoms with Gasteiger partial charge in [0.2, 0.25) is 23.6 Å². The van der Waals surface area contributed by atoms with Crippen LogP contribution in [0.2, 0.25) is 0 Å². The number of nitrogens with one attached hydrogen (secondary N) is 3. The number of likely N-dealkylation sites (tertiary alicyclic amines) is 1. The molecule has 0 radical (unpaired) electrons. The SMILES string of the molecule is CC(C)[C@H]1NC(=O)C[C@@H](C(=O)NCCN2CCCC2=O)NC(=O)c2ccccc2OCCN(C)C1=O. The lowest BCUT2D eigenvalue weighted by molar-refractivity contribution is -0.137. The molecule has 196 valence electrons. The molecule has 11 heteroatoms. The Labute approximate surface area is 210 Å². The first-order valence-corrected chi connectivity index (χ1v) is 12.3. The van der Waals surface area contributed by atoms with Gasteiger partial charge in [-0.05, 0) is 24.5 Å². The summed E-state index contributed by atoms with van der Waals surface area (Å²) in [6.07, 6.45) is 0.931. The summed E-state index contributed by atoms with van der Waals surface area (Å²) < 4.78 is 5.79. The molecule has 0 saturated carbocycles. The Kier molecular flexibility index (Phi) is 9.26. The van der Waals surface area contributed by atoms with Gasteiger partial charge < -0.3 is 30.5 Å². The molecular weight excluding hydrogens is 466 g/mol. The number of hydrogen-bond acceptors (Lipinski definition) is 6. The maximum absolute atomic E-state index is 13.1. The minimum Gasteiger partial charge on any atom is -0.491 e. The summed E-state index contributed by atoms with van der Waals surface area (Å²) in [5.41, 5.74) is 0.212. The highest BCUT2D eigenvalue weighted by Crippen LogP contribution is 2.19. The Bertz CT molecular complexity index is 997. The van der Waals surface area contributed by atoms with Crippen LogP contribution in [0.15, 0.2) is 24.3 Å². The molecule has 3 N–H and O–H groups in total. The van der Waals surface area contributed by atoms with Gasteiger partial charge in [-0.2, -0.15) is 0 Å². The average molecular weight is 502 g/mol. The minimum absolute atomic E-state index is 0.0425. The lowest BCUT2D eigenvalue weighted by atomic mass is 10.0. The zero-order valence-electron chi connectivity index (χ0n) is 21.0. The van der Waals surface area contributed by atoms with Crippen LogP contribution in [0.4, 0.5) is 0 Å². The summed E-state index contributed by atoms with van der Waals surface area (Å²) in [4.78, 5) is 67.0. The van der Waals surface area contributed by atoms with Gasteiger partial charge in [0.15, 0.2) is 0 Å². The van der Waals surface area contributed by atoms with E-state index in [1.165, 1.54) is 4.90 Å². The van der Waals surface area contributed by atoms with Crippen molar-refractivity contribution in [3.63, 3.8) is 0 Å². The van der Waals surface area contributed by atoms with Gasteiger partial charge in [-0.3, -0.25) is 24.0 Å². The normalized spacial score (nSPS) is 21.9. The van der Waals surface area contributed by atoms with Crippen LogP contribution < -0.4 is 20.7 Å². The molecule has 0 aliphatic carbocycles. The van der Waals surface area contributed by atoms with E-state index in [1.807, 2.05) is 13.8 Å². The third-order valence-electron chi connectivity index (χ3n) is 6.31. The quantitative estimate of drug-likeness (QED) is 0.516. The van der Waals surface area contributed by atoms with E-state index in [-0.39, 0.29) is 49.4 Å². The Hall–Kier alpha value is -3.63. The zero-order valence-corrected chi connectivity index (χ0v) is 21.0. The molecule has 2 heterocycles. The third-order valence-corrected chi connectivity index (χ3v) is 6.31. The maximum atomic E-state index is 13.1. The highest BCUT2D eigenvalue weighted by atomic mass is 16.5. The van der Waals surface area contributed by atoms with Crippen molar-refractivity contribution < 1.29 is 28.7 Å². The molecule has 5 amide bonds. The topological polar surface area (TPSA) is 137 Å². The number of likely N-dealkylation sites (N-methyl/N-ethyl adjacent to an activating group) is 1. The van der Waals surface area contributed by atoms with Gasteiger partial charge in [0.1, 0.15) is 24.4 Å². The van der Waals surface area contributed by atoms with Gasteiger partial charge in [0.25, 0.3) is 5.91 Å². The monoisotopic (exact) mass is 501 g/mol. The van der Waals surface area contributed by atoms with Crippen molar-refractivity contribution in [2.45, 2.75) is 45.2 Å². The fourth-order valence-electron chi connectivity index (χ4n) is 4.17. The second-order valence-electron chi connectivity index (χ2n) is 9.40. The molecule has 36 heavy (non-hydrogen) atoms. The predicted molar refractivity (Wildman–Crippen MR) is 131 cm³/mol. The Balaban J connectivity index is 1.80. The van der Waals surface area contributed by atoms with E-state index in [1.54, 1.807) is 36.2 Å². The zero-order chi connectivity index (χ0) is 26.2. The molecule has 0 spiro atoms. The van der Waals surface area contributed by atoms with Crippen molar-refractivity contribution in [3.05, 3.63) is 29.8 Å². The highest BCUT2D eigenvalue weighted by molar-refractivity contribution is 6.01. The van der Waals surface area contributed by atoms with E-state index in [9.17, 15) is 24.0 Å².